The summed E-state index contributed by atoms with van der Waals surface area (Å²) in [6, 6.07) is 0. The van der Waals surface area contributed by atoms with Crippen LogP contribution in [0.25, 0.3) is 0 Å². The van der Waals surface area contributed by atoms with Crippen LogP contribution in [0.5, 0.6) is 0 Å². The molecular formula is C28H44O2. The van der Waals surface area contributed by atoms with E-state index in [-0.39, 0.29) is 17.4 Å². The van der Waals surface area contributed by atoms with Crippen LogP contribution in [-0.4, -0.2) is 21.9 Å². The molecule has 2 N–H and O–H groups in total. The van der Waals surface area contributed by atoms with Gasteiger partial charge in [0, 0.05) is 0 Å². The third-order valence-corrected chi connectivity index (χ3v) is 10.2. The van der Waals surface area contributed by atoms with Gasteiger partial charge in [0.1, 0.15) is 0 Å². The smallest absolute Gasteiger partial charge is 0.0822 e. The van der Waals surface area contributed by atoms with Gasteiger partial charge in [-0.15, -0.1) is 0 Å². The molecule has 0 aromatic heterocycles. The van der Waals surface area contributed by atoms with Gasteiger partial charge in [0.05, 0.1) is 11.7 Å². The Morgan fingerprint density at radius 3 is 2.47 bits per heavy atom. The molecule has 168 valence electrons. The minimum absolute atomic E-state index is 0.139. The average molecular weight is 413 g/mol. The minimum Gasteiger partial charge on any atom is -0.393 e. The Hall–Kier alpha value is -0.860. The van der Waals surface area contributed by atoms with E-state index in [1.165, 1.54) is 31.3 Å². The molecule has 0 unspecified atom stereocenters. The highest BCUT2D eigenvalue weighted by molar-refractivity contribution is 5.39. The van der Waals surface area contributed by atoms with Crippen molar-refractivity contribution in [1.82, 2.24) is 0 Å². The molecule has 0 radical (unpaired) electrons. The van der Waals surface area contributed by atoms with E-state index < -0.39 is 5.60 Å². The Labute approximate surface area is 184 Å². The molecular weight excluding hydrogens is 368 g/mol. The Morgan fingerprint density at radius 2 is 1.77 bits per heavy atom. The summed E-state index contributed by atoms with van der Waals surface area (Å²) >= 11 is 0. The maximum absolute atomic E-state index is 10.7. The molecule has 3 fully saturated rings. The monoisotopic (exact) mass is 412 g/mol. The van der Waals surface area contributed by atoms with Crippen molar-refractivity contribution in [3.63, 3.8) is 0 Å². The van der Waals surface area contributed by atoms with Gasteiger partial charge in [-0.2, -0.15) is 0 Å². The van der Waals surface area contributed by atoms with E-state index in [2.05, 4.69) is 58.9 Å². The van der Waals surface area contributed by atoms with Crippen LogP contribution in [0.2, 0.25) is 0 Å². The summed E-state index contributed by atoms with van der Waals surface area (Å²) in [4.78, 5) is 0. The fourth-order valence-electron chi connectivity index (χ4n) is 7.56. The van der Waals surface area contributed by atoms with Crippen molar-refractivity contribution in [2.45, 2.75) is 98.2 Å². The van der Waals surface area contributed by atoms with Gasteiger partial charge in [-0.05, 0) is 92.3 Å². The maximum atomic E-state index is 10.7. The topological polar surface area (TPSA) is 40.5 Å². The number of hydrogen-bond acceptors (Lipinski definition) is 2. The van der Waals surface area contributed by atoms with E-state index in [1.54, 1.807) is 5.57 Å². The first-order chi connectivity index (χ1) is 14.0. The van der Waals surface area contributed by atoms with Crippen LogP contribution in [0, 0.1) is 40.4 Å². The summed E-state index contributed by atoms with van der Waals surface area (Å²) in [6.07, 6.45) is 17.3. The van der Waals surface area contributed by atoms with Crippen LogP contribution in [0.3, 0.4) is 0 Å². The predicted octanol–water partition coefficient (Wildman–Crippen LogP) is 6.45. The fourth-order valence-corrected chi connectivity index (χ4v) is 7.56. The number of rotatable bonds is 4. The van der Waals surface area contributed by atoms with Crippen LogP contribution in [-0.2, 0) is 0 Å². The molecule has 30 heavy (non-hydrogen) atoms. The third kappa shape index (κ3) is 3.47. The van der Waals surface area contributed by atoms with Crippen LogP contribution in [0.15, 0.2) is 35.5 Å². The zero-order valence-electron chi connectivity index (χ0n) is 20.1. The SMILES string of the molecule is CC(C)[C@](C)(O)C=C[C@@H](C)[C@H]1CC[C@H]2C3=CC=C4C[C@@H](O)CC[C@]4(C)[C@H]3CC[C@]12C. The normalized spacial score (nSPS) is 44.0. The first-order valence-electron chi connectivity index (χ1n) is 12.5. The number of aliphatic hydroxyl groups is 2. The van der Waals surface area contributed by atoms with Crippen LogP contribution >= 0.6 is 0 Å². The summed E-state index contributed by atoms with van der Waals surface area (Å²) in [7, 11) is 0. The Bertz CT molecular complexity index is 757. The molecule has 4 aliphatic carbocycles. The molecule has 2 heteroatoms. The Balaban J connectivity index is 1.57. The highest BCUT2D eigenvalue weighted by Crippen LogP contribution is 2.66. The van der Waals surface area contributed by atoms with Crippen LogP contribution < -0.4 is 0 Å². The molecule has 0 spiro atoms. The van der Waals surface area contributed by atoms with Gasteiger partial charge in [0.15, 0.2) is 0 Å². The second-order valence-electron chi connectivity index (χ2n) is 12.1. The second-order valence-corrected chi connectivity index (χ2v) is 12.1. The van der Waals surface area contributed by atoms with E-state index in [0.29, 0.717) is 29.1 Å². The fraction of sp³-hybridized carbons (Fsp3) is 0.786. The summed E-state index contributed by atoms with van der Waals surface area (Å²) in [5.74, 6) is 2.79. The quantitative estimate of drug-likeness (QED) is 0.521. The van der Waals surface area contributed by atoms with E-state index in [4.69, 9.17) is 0 Å². The summed E-state index contributed by atoms with van der Waals surface area (Å²) in [5.41, 5.74) is 3.13. The highest BCUT2D eigenvalue weighted by Gasteiger charge is 2.56. The molecule has 2 nitrogen and oxygen atoms in total. The lowest BCUT2D eigenvalue weighted by atomic mass is 9.50. The van der Waals surface area contributed by atoms with Crippen molar-refractivity contribution < 1.29 is 10.2 Å². The molecule has 4 rings (SSSR count). The van der Waals surface area contributed by atoms with E-state index >= 15 is 0 Å². The molecule has 0 bridgehead atoms. The number of hydrogen-bond donors (Lipinski definition) is 2. The van der Waals surface area contributed by atoms with E-state index in [0.717, 1.165) is 19.3 Å². The minimum atomic E-state index is -0.724. The van der Waals surface area contributed by atoms with Crippen molar-refractivity contribution in [2.24, 2.45) is 40.4 Å². The largest absolute Gasteiger partial charge is 0.393 e. The van der Waals surface area contributed by atoms with E-state index in [1.807, 2.05) is 6.92 Å². The second kappa shape index (κ2) is 7.62. The predicted molar refractivity (Wildman–Crippen MR) is 125 cm³/mol. The van der Waals surface area contributed by atoms with Gasteiger partial charge >= 0.3 is 0 Å². The van der Waals surface area contributed by atoms with Crippen molar-refractivity contribution >= 4 is 0 Å². The maximum Gasteiger partial charge on any atom is 0.0822 e. The molecule has 4 aliphatic rings. The van der Waals surface area contributed by atoms with Crippen LogP contribution in [0.1, 0.15) is 86.5 Å². The van der Waals surface area contributed by atoms with Crippen molar-refractivity contribution in [2.75, 3.05) is 0 Å². The third-order valence-electron chi connectivity index (χ3n) is 10.2. The lowest BCUT2D eigenvalue weighted by molar-refractivity contribution is 0.0373. The Morgan fingerprint density at radius 1 is 1.03 bits per heavy atom. The molecule has 3 saturated carbocycles. The molecule has 0 heterocycles. The molecule has 0 aromatic carbocycles. The molecule has 8 atom stereocenters. The van der Waals surface area contributed by atoms with Crippen molar-refractivity contribution in [3.8, 4) is 0 Å². The van der Waals surface area contributed by atoms with Gasteiger partial charge in [-0.3, -0.25) is 0 Å². The molecule has 0 aliphatic heterocycles. The first kappa shape index (κ1) is 22.3. The zero-order valence-corrected chi connectivity index (χ0v) is 20.1. The summed E-state index contributed by atoms with van der Waals surface area (Å²) < 4.78 is 0. The number of fused-ring (bicyclic) bond motifs is 5. The van der Waals surface area contributed by atoms with Gasteiger partial charge < -0.3 is 10.2 Å². The average Bonchev–Trinajstić information content (AvgIpc) is 3.04. The Kier molecular flexibility index (Phi) is 5.68. The van der Waals surface area contributed by atoms with Gasteiger partial charge in [-0.25, -0.2) is 0 Å². The van der Waals surface area contributed by atoms with Gasteiger partial charge in [0.25, 0.3) is 0 Å². The number of allylic oxidation sites excluding steroid dienone is 4. The standard InChI is InChI=1S/C28H44O2/c1-18(2)28(6,30)16-11-19(3)23-9-10-24-22-8-7-20-17-21(29)12-14-26(20,4)25(22)13-15-27(23,24)5/h7-8,11,16,18-19,21,23-25,29-30H,9-10,12-15,17H2,1-6H3/t19-,21+,23-,24+,25+,26+,27-,28-/m1/s1. The van der Waals surface area contributed by atoms with Gasteiger partial charge in [0.2, 0.25) is 0 Å². The lowest BCUT2D eigenvalue weighted by Gasteiger charge is -2.55. The number of aliphatic hydroxyl groups excluding tert-OH is 1. The van der Waals surface area contributed by atoms with Crippen LogP contribution in [0.4, 0.5) is 0 Å². The summed E-state index contributed by atoms with van der Waals surface area (Å²) in [5, 5.41) is 20.9. The molecule has 0 saturated heterocycles. The van der Waals surface area contributed by atoms with Crippen molar-refractivity contribution in [1.29, 1.82) is 0 Å². The first-order valence-corrected chi connectivity index (χ1v) is 12.5. The van der Waals surface area contributed by atoms with Crippen molar-refractivity contribution in [3.05, 3.63) is 35.5 Å². The molecule has 0 aromatic rings. The highest BCUT2D eigenvalue weighted by atomic mass is 16.3. The van der Waals surface area contributed by atoms with Gasteiger partial charge in [-0.1, -0.05) is 70.1 Å². The lowest BCUT2D eigenvalue weighted by Crippen LogP contribution is -2.46. The molecule has 0 amide bonds. The van der Waals surface area contributed by atoms with E-state index in [9.17, 15) is 10.2 Å². The zero-order chi connectivity index (χ0) is 21.9. The summed E-state index contributed by atoms with van der Waals surface area (Å²) in [6.45, 7) is 13.5.